The Bertz CT molecular complexity index is 537. The predicted octanol–water partition coefficient (Wildman–Crippen LogP) is 2.16. The van der Waals surface area contributed by atoms with Crippen LogP contribution in [0.25, 0.3) is 5.69 Å². The van der Waals surface area contributed by atoms with E-state index in [-0.39, 0.29) is 20.1 Å². The number of hydrogen-bond donors (Lipinski definition) is 0. The number of nitriles is 1. The van der Waals surface area contributed by atoms with Crippen LogP contribution in [-0.2, 0) is 20.1 Å². The number of para-hydroxylation sites is 1. The summed E-state index contributed by atoms with van der Waals surface area (Å²) in [6.45, 7) is 3.89. The minimum Gasteiger partial charge on any atom is -0.261 e. The molecular weight excluding hydrogens is 378 g/mol. The van der Waals surface area contributed by atoms with Gasteiger partial charge in [-0.2, -0.15) is 29.4 Å². The Morgan fingerprint density at radius 2 is 2.19 bits per heavy atom. The number of aryl methyl sites for hydroxylation is 2. The van der Waals surface area contributed by atoms with E-state index < -0.39 is 0 Å². The molecule has 83 valence electrons. The molecule has 0 spiro atoms. The number of aromatic nitrogens is 2. The van der Waals surface area contributed by atoms with Crippen LogP contribution in [0.4, 0.5) is 0 Å². The second-order valence-electron chi connectivity index (χ2n) is 3.38. The first-order valence-electron chi connectivity index (χ1n) is 4.67. The van der Waals surface area contributed by atoms with Gasteiger partial charge in [-0.05, 0) is 31.2 Å². The molecule has 0 atom stereocenters. The van der Waals surface area contributed by atoms with Crippen molar-refractivity contribution >= 4 is 0 Å². The number of hydrogen-bond acceptors (Lipinski definition) is 2. The van der Waals surface area contributed by atoms with E-state index in [0.29, 0.717) is 11.3 Å². The Kier molecular flexibility index (Phi) is 4.00. The van der Waals surface area contributed by atoms with Crippen molar-refractivity contribution in [1.29, 1.82) is 5.26 Å². The molecule has 4 heteroatoms. The van der Waals surface area contributed by atoms with Gasteiger partial charge in [0.1, 0.15) is 0 Å². The minimum atomic E-state index is 0. The van der Waals surface area contributed by atoms with Crippen LogP contribution in [0, 0.1) is 31.2 Å². The monoisotopic (exact) mass is 389 g/mol. The van der Waals surface area contributed by atoms with Gasteiger partial charge in [-0.25, -0.2) is 5.26 Å². The first-order chi connectivity index (χ1) is 7.22. The Balaban J connectivity index is 0.00000128. The molecule has 1 aromatic carbocycles. The van der Waals surface area contributed by atoms with Crippen molar-refractivity contribution in [3.05, 3.63) is 47.3 Å². The molecule has 0 fully saturated rings. The summed E-state index contributed by atoms with van der Waals surface area (Å²) in [7, 11) is 0. The molecule has 3 nitrogen and oxygen atoms in total. The van der Waals surface area contributed by atoms with Gasteiger partial charge < -0.3 is 0 Å². The van der Waals surface area contributed by atoms with Crippen molar-refractivity contribution in [2.75, 3.05) is 0 Å². The van der Waals surface area contributed by atoms with Crippen molar-refractivity contribution in [3.8, 4) is 11.8 Å². The maximum atomic E-state index is 8.97. The van der Waals surface area contributed by atoms with Crippen LogP contribution in [0.15, 0.2) is 24.3 Å². The van der Waals surface area contributed by atoms with Gasteiger partial charge in [0.2, 0.25) is 0 Å². The maximum absolute atomic E-state index is 8.97. The Labute approximate surface area is 108 Å². The summed E-state index contributed by atoms with van der Waals surface area (Å²) in [6, 6.07) is 12.5. The van der Waals surface area contributed by atoms with Gasteiger partial charge in [0.25, 0.3) is 0 Å². The Morgan fingerprint density at radius 3 is 2.75 bits per heavy atom. The average molecular weight is 388 g/mol. The summed E-state index contributed by atoms with van der Waals surface area (Å²) < 4.78 is 1.74. The molecule has 0 amide bonds. The van der Waals surface area contributed by atoms with Crippen LogP contribution in [0.2, 0.25) is 0 Å². The van der Waals surface area contributed by atoms with Gasteiger partial charge in [0.05, 0.1) is 5.69 Å². The second kappa shape index (κ2) is 5.07. The van der Waals surface area contributed by atoms with Gasteiger partial charge in [-0.1, -0.05) is 0 Å². The van der Waals surface area contributed by atoms with Gasteiger partial charge in [-0.15, -0.1) is 0 Å². The molecule has 0 aliphatic heterocycles. The SMILES string of the molecule is Cc1cc(C)n(-c2[c-]cccc2C#N)n1.[Ir]. The van der Waals surface area contributed by atoms with E-state index in [9.17, 15) is 0 Å². The summed E-state index contributed by atoms with van der Waals surface area (Å²) in [4.78, 5) is 0. The maximum Gasteiger partial charge on any atom is 0.0600 e. The smallest absolute Gasteiger partial charge is 0.0600 e. The summed E-state index contributed by atoms with van der Waals surface area (Å²) >= 11 is 0. The Hall–Kier alpha value is -1.43. The number of nitrogens with zero attached hydrogens (tertiary/aromatic N) is 3. The fourth-order valence-corrected chi connectivity index (χ4v) is 1.55. The van der Waals surface area contributed by atoms with E-state index in [1.165, 1.54) is 0 Å². The van der Waals surface area contributed by atoms with Crippen LogP contribution in [-0.4, -0.2) is 9.78 Å². The molecule has 1 heterocycles. The summed E-state index contributed by atoms with van der Waals surface area (Å²) in [6.07, 6.45) is 0. The van der Waals surface area contributed by atoms with Gasteiger partial charge >= 0.3 is 0 Å². The molecule has 16 heavy (non-hydrogen) atoms. The minimum absolute atomic E-state index is 0. The summed E-state index contributed by atoms with van der Waals surface area (Å²) in [5.74, 6) is 0. The van der Waals surface area contributed by atoms with E-state index in [1.807, 2.05) is 19.9 Å². The molecule has 0 saturated heterocycles. The molecule has 0 aliphatic rings. The zero-order chi connectivity index (χ0) is 10.8. The first-order valence-corrected chi connectivity index (χ1v) is 4.67. The van der Waals surface area contributed by atoms with Gasteiger partial charge in [0.15, 0.2) is 0 Å². The topological polar surface area (TPSA) is 41.6 Å². The zero-order valence-corrected chi connectivity index (χ0v) is 11.4. The normalized spacial score (nSPS) is 9.31. The molecule has 2 aromatic rings. The van der Waals surface area contributed by atoms with Crippen LogP contribution < -0.4 is 0 Å². The summed E-state index contributed by atoms with van der Waals surface area (Å²) in [5, 5.41) is 13.3. The molecule has 2 rings (SSSR count). The van der Waals surface area contributed by atoms with Gasteiger partial charge in [0, 0.05) is 31.9 Å². The van der Waals surface area contributed by atoms with E-state index in [1.54, 1.807) is 22.9 Å². The van der Waals surface area contributed by atoms with Crippen molar-refractivity contribution < 1.29 is 20.1 Å². The molecular formula is C12H10IrN3-. The van der Waals surface area contributed by atoms with E-state index in [2.05, 4.69) is 17.2 Å². The van der Waals surface area contributed by atoms with Gasteiger partial charge in [-0.3, -0.25) is 4.68 Å². The molecule has 0 saturated carbocycles. The van der Waals surface area contributed by atoms with Crippen molar-refractivity contribution in [2.45, 2.75) is 13.8 Å². The number of rotatable bonds is 1. The molecule has 1 radical (unpaired) electrons. The van der Waals surface area contributed by atoms with Crippen molar-refractivity contribution in [2.24, 2.45) is 0 Å². The second-order valence-corrected chi connectivity index (χ2v) is 3.38. The quantitative estimate of drug-likeness (QED) is 0.703. The molecule has 0 aliphatic carbocycles. The third kappa shape index (κ3) is 2.21. The van der Waals surface area contributed by atoms with Crippen LogP contribution in [0.3, 0.4) is 0 Å². The fourth-order valence-electron chi connectivity index (χ4n) is 1.55. The fraction of sp³-hybridized carbons (Fsp3) is 0.167. The third-order valence-electron chi connectivity index (χ3n) is 2.18. The summed E-state index contributed by atoms with van der Waals surface area (Å²) in [5.41, 5.74) is 3.24. The van der Waals surface area contributed by atoms with Crippen LogP contribution in [0.5, 0.6) is 0 Å². The predicted molar refractivity (Wildman–Crippen MR) is 56.6 cm³/mol. The van der Waals surface area contributed by atoms with E-state index in [4.69, 9.17) is 5.26 Å². The standard InChI is InChI=1S/C12H10N3.Ir/c1-9-7-10(2)15(14-9)12-6-4-3-5-11(12)8-13;/h3-5,7H,1-2H3;/q-1;. The number of benzene rings is 1. The molecule has 0 unspecified atom stereocenters. The van der Waals surface area contributed by atoms with E-state index in [0.717, 1.165) is 11.4 Å². The van der Waals surface area contributed by atoms with E-state index >= 15 is 0 Å². The van der Waals surface area contributed by atoms with Crippen molar-refractivity contribution in [1.82, 2.24) is 9.78 Å². The van der Waals surface area contributed by atoms with Crippen LogP contribution >= 0.6 is 0 Å². The first kappa shape index (κ1) is 12.6. The largest absolute Gasteiger partial charge is 0.261 e. The molecule has 0 bridgehead atoms. The molecule has 0 N–H and O–H groups in total. The molecule has 1 aromatic heterocycles. The average Bonchev–Trinajstić information content (AvgIpc) is 2.57. The Morgan fingerprint density at radius 1 is 1.44 bits per heavy atom. The third-order valence-corrected chi connectivity index (χ3v) is 2.18. The zero-order valence-electron chi connectivity index (χ0n) is 8.98. The van der Waals surface area contributed by atoms with Crippen molar-refractivity contribution in [3.63, 3.8) is 0 Å². The van der Waals surface area contributed by atoms with Crippen LogP contribution in [0.1, 0.15) is 17.0 Å².